The predicted molar refractivity (Wildman–Crippen MR) is 303 cm³/mol. The van der Waals surface area contributed by atoms with Gasteiger partial charge in [-0.05, 0) is 97.3 Å². The van der Waals surface area contributed by atoms with Gasteiger partial charge in [-0.2, -0.15) is 15.2 Å². The van der Waals surface area contributed by atoms with Gasteiger partial charge in [0.05, 0.1) is 41.3 Å². The Morgan fingerprint density at radius 2 is 1.73 bits per heavy atom. The van der Waals surface area contributed by atoms with Crippen molar-refractivity contribution < 1.29 is 42.9 Å². The highest BCUT2D eigenvalue weighted by atomic mass is 19.1. The number of halogens is 2. The van der Waals surface area contributed by atoms with Crippen molar-refractivity contribution in [2.45, 2.75) is 115 Å². The molecule has 3 amide bonds. The van der Waals surface area contributed by atoms with Gasteiger partial charge in [-0.1, -0.05) is 75.2 Å². The highest BCUT2D eigenvalue weighted by Crippen LogP contribution is 2.40. The van der Waals surface area contributed by atoms with Gasteiger partial charge in [0, 0.05) is 80.9 Å². The standard InChI is InChI=1S/C62H68F2N10O7/c1-6-46-50(63)21-18-39-27-44(75)28-48(53(39)46)55-54(64)56-49(31-66-55)58(73-32-41-19-20-42(33-73)68-41)71-61(70-56)81-35-43-12-9-23-72(43)24-10-25-80-26-22-52(77)69-57(62(3,4)5)60(79)74-34-45(76)29-51(74)59(78)67-36(2)37-14-16-38(17-15-37)47-13-8-7-11-40(47)30-65/h1,7-8,11,13-18,21,27-28,31,36,41-43,45,51,57,68,75-76H,9-10,12,19-20,22-26,29,32-35H2,2-5H3,(H,67,78)(H,69,77)/t36-,41?,42?,43-,45+,51-,57+/m0/s1. The maximum absolute atomic E-state index is 17.1. The number of amides is 3. The van der Waals surface area contributed by atoms with Crippen molar-refractivity contribution in [3.8, 4) is 52.6 Å². The number of aliphatic hydroxyl groups excluding tert-OH is 1. The minimum Gasteiger partial charge on any atom is -0.508 e. The third-order valence-electron chi connectivity index (χ3n) is 16.1. The van der Waals surface area contributed by atoms with Gasteiger partial charge >= 0.3 is 6.01 Å². The van der Waals surface area contributed by atoms with Gasteiger partial charge in [0.25, 0.3) is 0 Å². The van der Waals surface area contributed by atoms with E-state index in [1.54, 1.807) is 6.07 Å². The van der Waals surface area contributed by atoms with Gasteiger partial charge in [0.15, 0.2) is 5.82 Å². The summed E-state index contributed by atoms with van der Waals surface area (Å²) in [6.45, 7) is 10.9. The van der Waals surface area contributed by atoms with Gasteiger partial charge in [-0.3, -0.25) is 24.3 Å². The van der Waals surface area contributed by atoms with Crippen LogP contribution in [0.25, 0.3) is 44.1 Å². The third-order valence-corrected chi connectivity index (χ3v) is 16.1. The minimum atomic E-state index is -0.987. The number of carbonyl (C=O) groups is 3. The number of nitrogens with one attached hydrogen (secondary N) is 3. The van der Waals surface area contributed by atoms with Crippen molar-refractivity contribution in [2.24, 2.45) is 5.41 Å². The number of nitriles is 1. The van der Waals surface area contributed by atoms with Gasteiger partial charge in [-0.25, -0.2) is 8.78 Å². The number of ether oxygens (including phenoxy) is 2. The Kier molecular flexibility index (Phi) is 16.8. The van der Waals surface area contributed by atoms with E-state index >= 15 is 8.78 Å². The molecule has 2 unspecified atom stereocenters. The molecule has 19 heteroatoms. The molecule has 0 radical (unpaired) electrons. The normalized spacial score (nSPS) is 20.7. The van der Waals surface area contributed by atoms with E-state index in [0.717, 1.165) is 48.9 Å². The summed E-state index contributed by atoms with van der Waals surface area (Å²) >= 11 is 0. The zero-order valence-corrected chi connectivity index (χ0v) is 46.1. The lowest BCUT2D eigenvalue weighted by Crippen LogP contribution is -2.58. The summed E-state index contributed by atoms with van der Waals surface area (Å²) in [4.78, 5) is 61.4. The molecule has 5 N–H and O–H groups in total. The van der Waals surface area contributed by atoms with E-state index < -0.39 is 53.1 Å². The number of aliphatic hydroxyl groups is 1. The first kappa shape index (κ1) is 56.5. The topological polar surface area (TPSA) is 218 Å². The fraction of sp³-hybridized carbons (Fsp3) is 0.435. The zero-order chi connectivity index (χ0) is 57.1. The minimum absolute atomic E-state index is 0.00103. The Morgan fingerprint density at radius 1 is 0.963 bits per heavy atom. The molecule has 0 saturated carbocycles. The van der Waals surface area contributed by atoms with Crippen LogP contribution in [-0.2, 0) is 19.1 Å². The molecule has 0 aliphatic carbocycles. The van der Waals surface area contributed by atoms with Crippen molar-refractivity contribution in [3.63, 3.8) is 0 Å². The van der Waals surface area contributed by atoms with Crippen LogP contribution < -0.4 is 25.6 Å². The molecule has 7 atom stereocenters. The number of rotatable bonds is 18. The van der Waals surface area contributed by atoms with Crippen LogP contribution in [0.5, 0.6) is 11.8 Å². The Bertz CT molecular complexity index is 3420. The van der Waals surface area contributed by atoms with Crippen LogP contribution in [-0.4, -0.2) is 142 Å². The highest BCUT2D eigenvalue weighted by molar-refractivity contribution is 6.03. The van der Waals surface area contributed by atoms with Crippen molar-refractivity contribution in [2.75, 3.05) is 57.4 Å². The molecule has 0 spiro atoms. The molecule has 81 heavy (non-hydrogen) atoms. The Balaban J connectivity index is 0.732. The molecule has 4 fully saturated rings. The van der Waals surface area contributed by atoms with E-state index in [4.69, 9.17) is 20.9 Å². The van der Waals surface area contributed by atoms with E-state index in [2.05, 4.69) is 47.7 Å². The number of aromatic nitrogens is 3. The second-order valence-corrected chi connectivity index (χ2v) is 22.8. The van der Waals surface area contributed by atoms with E-state index in [1.165, 1.54) is 35.4 Å². The SMILES string of the molecule is C#Cc1c(F)ccc2cc(O)cc(-c3ncc4c(N5CC6CCC(C5)N6)nc(OC[C@@H]5CCCN5CCCOCCC(=O)N[C@H](C(=O)N5C[C@H](O)C[C@H]5C(=O)N[C@@H](C)c5ccc(-c6ccccc6C#N)cc5)C(C)(C)C)nc4c3F)c12. The molecule has 4 aromatic carbocycles. The molecule has 422 valence electrons. The molecular weight excluding hydrogens is 1030 g/mol. The van der Waals surface area contributed by atoms with Crippen LogP contribution in [0, 0.1) is 40.7 Å². The second kappa shape index (κ2) is 24.1. The summed E-state index contributed by atoms with van der Waals surface area (Å²) in [5.41, 5.74) is 2.19. The van der Waals surface area contributed by atoms with E-state index in [0.29, 0.717) is 54.8 Å². The summed E-state index contributed by atoms with van der Waals surface area (Å²) in [6.07, 6.45) is 10.9. The first-order valence-electron chi connectivity index (χ1n) is 27.9. The molecule has 17 nitrogen and oxygen atoms in total. The summed E-state index contributed by atoms with van der Waals surface area (Å²) in [5, 5.41) is 41.6. The molecule has 4 aliphatic rings. The Labute approximate surface area is 470 Å². The third kappa shape index (κ3) is 12.3. The van der Waals surface area contributed by atoms with Crippen LogP contribution in [0.4, 0.5) is 14.6 Å². The number of phenolic OH excluding ortho intramolecular Hbond substituents is 1. The lowest BCUT2D eigenvalue weighted by atomic mass is 9.85. The summed E-state index contributed by atoms with van der Waals surface area (Å²) in [7, 11) is 0. The first-order chi connectivity index (χ1) is 39.0. The second-order valence-electron chi connectivity index (χ2n) is 22.8. The quantitative estimate of drug-likeness (QED) is 0.0422. The number of hydrogen-bond acceptors (Lipinski definition) is 14. The van der Waals surface area contributed by atoms with Gasteiger partial charge < -0.3 is 45.4 Å². The van der Waals surface area contributed by atoms with E-state index in [1.807, 2.05) is 70.2 Å². The maximum atomic E-state index is 17.1. The first-order valence-corrected chi connectivity index (χ1v) is 27.9. The fourth-order valence-electron chi connectivity index (χ4n) is 12.0. The average molecular weight is 1100 g/mol. The number of carbonyl (C=O) groups excluding carboxylic acids is 3. The van der Waals surface area contributed by atoms with Gasteiger partial charge in [0.1, 0.15) is 47.3 Å². The van der Waals surface area contributed by atoms with Crippen molar-refractivity contribution in [3.05, 3.63) is 107 Å². The molecule has 6 aromatic rings. The number of hydrogen-bond donors (Lipinski definition) is 5. The molecule has 2 aromatic heterocycles. The molecule has 10 rings (SSSR count). The number of phenols is 1. The summed E-state index contributed by atoms with van der Waals surface area (Å²) in [6, 6.07) is 20.7. The number of nitrogens with zero attached hydrogens (tertiary/aromatic N) is 7. The zero-order valence-electron chi connectivity index (χ0n) is 46.1. The van der Waals surface area contributed by atoms with E-state index in [-0.39, 0.29) is 96.1 Å². The maximum Gasteiger partial charge on any atom is 0.319 e. The predicted octanol–water partition coefficient (Wildman–Crippen LogP) is 7.30. The number of anilines is 1. The number of pyridine rings is 1. The van der Waals surface area contributed by atoms with Crippen molar-refractivity contribution >= 4 is 45.2 Å². The van der Waals surface area contributed by atoms with Crippen LogP contribution in [0.15, 0.2) is 79.0 Å². The molecular formula is C62H68F2N10O7. The number of β-amino-alcohol motifs (C(OH)–C–C–N with tert-alkyl or cyclic N) is 1. The number of likely N-dealkylation sites (tertiary alicyclic amines) is 2. The lowest BCUT2D eigenvalue weighted by Gasteiger charge is -2.35. The van der Waals surface area contributed by atoms with Crippen LogP contribution in [0.2, 0.25) is 0 Å². The number of benzene rings is 4. The summed E-state index contributed by atoms with van der Waals surface area (Å²) in [5.74, 6) is 0.0283. The largest absolute Gasteiger partial charge is 0.508 e. The van der Waals surface area contributed by atoms with Crippen molar-refractivity contribution in [1.82, 2.24) is 40.7 Å². The van der Waals surface area contributed by atoms with Crippen LogP contribution in [0.3, 0.4) is 0 Å². The molecule has 6 heterocycles. The highest BCUT2D eigenvalue weighted by Gasteiger charge is 2.45. The molecule has 4 saturated heterocycles. The van der Waals surface area contributed by atoms with Crippen LogP contribution in [0.1, 0.15) is 95.4 Å². The average Bonchev–Trinajstić information content (AvgIpc) is 4.22. The Hall–Kier alpha value is -7.81. The summed E-state index contributed by atoms with van der Waals surface area (Å²) < 4.78 is 44.5. The fourth-order valence-corrected chi connectivity index (χ4v) is 12.0. The molecule has 4 aliphatic heterocycles. The smallest absolute Gasteiger partial charge is 0.319 e. The van der Waals surface area contributed by atoms with E-state index in [9.17, 15) is 29.9 Å². The molecule has 2 bridgehead atoms. The van der Waals surface area contributed by atoms with Gasteiger partial charge in [0.2, 0.25) is 17.7 Å². The van der Waals surface area contributed by atoms with Crippen LogP contribution >= 0.6 is 0 Å². The number of fused-ring (bicyclic) bond motifs is 4. The van der Waals surface area contributed by atoms with Crippen molar-refractivity contribution in [1.29, 1.82) is 5.26 Å². The Morgan fingerprint density at radius 3 is 2.47 bits per heavy atom. The number of terminal acetylenes is 1. The number of aromatic hydroxyl groups is 1. The van der Waals surface area contributed by atoms with Gasteiger partial charge in [-0.15, -0.1) is 6.42 Å². The monoisotopic (exact) mass is 1100 g/mol. The lowest BCUT2D eigenvalue weighted by molar-refractivity contribution is -0.144. The number of piperazine rings is 1.